The van der Waals surface area contributed by atoms with Crippen molar-refractivity contribution in [3.05, 3.63) is 34.3 Å². The van der Waals surface area contributed by atoms with Crippen molar-refractivity contribution in [1.29, 1.82) is 0 Å². The molecule has 0 fully saturated rings. The van der Waals surface area contributed by atoms with Gasteiger partial charge in [-0.3, -0.25) is 0 Å². The summed E-state index contributed by atoms with van der Waals surface area (Å²) in [5.41, 5.74) is 7.05. The fourth-order valence-corrected chi connectivity index (χ4v) is 1.41. The summed E-state index contributed by atoms with van der Waals surface area (Å²) < 4.78 is 0. The Morgan fingerprint density at radius 3 is 2.87 bits per heavy atom. The first-order valence-electron chi connectivity index (χ1n) is 4.66. The number of oxime groups is 1. The Hall–Kier alpha value is -1.26. The molecule has 82 valence electrons. The van der Waals surface area contributed by atoms with E-state index in [1.54, 1.807) is 12.1 Å². The van der Waals surface area contributed by atoms with Crippen LogP contribution in [0.2, 0.25) is 5.02 Å². The van der Waals surface area contributed by atoms with Gasteiger partial charge in [0, 0.05) is 17.1 Å². The third-order valence-electron chi connectivity index (χ3n) is 2.02. The fourth-order valence-electron chi connectivity index (χ4n) is 1.17. The van der Waals surface area contributed by atoms with Gasteiger partial charge in [0.25, 0.3) is 0 Å². The monoisotopic (exact) mass is 227 g/mol. The smallest absolute Gasteiger partial charge is 0.170 e. The van der Waals surface area contributed by atoms with Crippen LogP contribution in [0.25, 0.3) is 0 Å². The molecule has 0 amide bonds. The Balaban J connectivity index is 2.88. The molecular formula is C10H14ClN3O. The lowest BCUT2D eigenvalue weighted by Gasteiger charge is -2.06. The molecule has 4 N–H and O–H groups in total. The summed E-state index contributed by atoms with van der Waals surface area (Å²) in [6.07, 6.45) is 0. The van der Waals surface area contributed by atoms with E-state index in [1.165, 1.54) is 0 Å². The molecule has 0 bridgehead atoms. The maximum absolute atomic E-state index is 8.50. The molecule has 0 atom stereocenters. The summed E-state index contributed by atoms with van der Waals surface area (Å²) in [6, 6.07) is 5.31. The molecule has 0 saturated carbocycles. The first-order chi connectivity index (χ1) is 7.19. The predicted octanol–water partition coefficient (Wildman–Crippen LogP) is 1.54. The normalized spacial score (nSPS) is 11.7. The van der Waals surface area contributed by atoms with Crippen LogP contribution < -0.4 is 11.1 Å². The van der Waals surface area contributed by atoms with Gasteiger partial charge in [0.1, 0.15) is 0 Å². The molecule has 0 aliphatic carbocycles. The van der Waals surface area contributed by atoms with Gasteiger partial charge in [0.15, 0.2) is 5.84 Å². The van der Waals surface area contributed by atoms with Crippen LogP contribution >= 0.6 is 11.6 Å². The van der Waals surface area contributed by atoms with Crippen molar-refractivity contribution in [3.63, 3.8) is 0 Å². The van der Waals surface area contributed by atoms with Crippen LogP contribution in [-0.4, -0.2) is 17.6 Å². The van der Waals surface area contributed by atoms with E-state index in [2.05, 4.69) is 10.5 Å². The molecule has 15 heavy (non-hydrogen) atoms. The summed E-state index contributed by atoms with van der Waals surface area (Å²) in [5, 5.41) is 15.2. The molecule has 1 aromatic rings. The lowest BCUT2D eigenvalue weighted by Crippen LogP contribution is -2.15. The Morgan fingerprint density at radius 2 is 2.33 bits per heavy atom. The Bertz CT molecular complexity index is 366. The molecule has 0 saturated heterocycles. The third kappa shape index (κ3) is 3.11. The average Bonchev–Trinajstić information content (AvgIpc) is 2.26. The third-order valence-corrected chi connectivity index (χ3v) is 2.37. The molecule has 0 radical (unpaired) electrons. The van der Waals surface area contributed by atoms with Crippen LogP contribution in [0.5, 0.6) is 0 Å². The van der Waals surface area contributed by atoms with E-state index in [9.17, 15) is 0 Å². The highest BCUT2D eigenvalue weighted by atomic mass is 35.5. The van der Waals surface area contributed by atoms with Gasteiger partial charge in [0.05, 0.1) is 0 Å². The van der Waals surface area contributed by atoms with Crippen LogP contribution in [0.4, 0.5) is 0 Å². The summed E-state index contributed by atoms with van der Waals surface area (Å²) in [7, 11) is 0. The predicted molar refractivity (Wildman–Crippen MR) is 61.3 cm³/mol. The Morgan fingerprint density at radius 1 is 1.60 bits per heavy atom. The number of nitrogens with two attached hydrogens (primary N) is 1. The molecule has 0 heterocycles. The van der Waals surface area contributed by atoms with E-state index in [-0.39, 0.29) is 5.84 Å². The first-order valence-corrected chi connectivity index (χ1v) is 5.04. The molecule has 0 aromatic heterocycles. The van der Waals surface area contributed by atoms with Crippen LogP contribution in [0.15, 0.2) is 23.4 Å². The highest BCUT2D eigenvalue weighted by molar-refractivity contribution is 6.31. The summed E-state index contributed by atoms with van der Waals surface area (Å²) in [6.45, 7) is 3.63. The van der Waals surface area contributed by atoms with Crippen LogP contribution in [0.1, 0.15) is 18.1 Å². The quantitative estimate of drug-likeness (QED) is 0.316. The number of hydrogen-bond acceptors (Lipinski definition) is 3. The van der Waals surface area contributed by atoms with Crippen LogP contribution in [0, 0.1) is 0 Å². The van der Waals surface area contributed by atoms with Crippen LogP contribution in [0.3, 0.4) is 0 Å². The van der Waals surface area contributed by atoms with Gasteiger partial charge >= 0.3 is 0 Å². The lowest BCUT2D eigenvalue weighted by molar-refractivity contribution is 0.318. The van der Waals surface area contributed by atoms with Gasteiger partial charge in [-0.05, 0) is 18.2 Å². The van der Waals surface area contributed by atoms with Crippen molar-refractivity contribution >= 4 is 17.4 Å². The summed E-state index contributed by atoms with van der Waals surface area (Å²) >= 11 is 6.03. The van der Waals surface area contributed by atoms with Crippen LogP contribution in [-0.2, 0) is 6.54 Å². The number of hydrogen-bond donors (Lipinski definition) is 3. The van der Waals surface area contributed by atoms with Gasteiger partial charge in [0.2, 0.25) is 0 Å². The van der Waals surface area contributed by atoms with E-state index in [0.29, 0.717) is 17.1 Å². The van der Waals surface area contributed by atoms with Crippen molar-refractivity contribution in [2.75, 3.05) is 6.54 Å². The minimum absolute atomic E-state index is 0.0619. The van der Waals surface area contributed by atoms with Crippen molar-refractivity contribution in [2.24, 2.45) is 10.9 Å². The maximum Gasteiger partial charge on any atom is 0.170 e. The largest absolute Gasteiger partial charge is 0.409 e. The van der Waals surface area contributed by atoms with Gasteiger partial charge in [-0.2, -0.15) is 0 Å². The highest BCUT2D eigenvalue weighted by Gasteiger charge is 2.04. The lowest BCUT2D eigenvalue weighted by atomic mass is 10.1. The topological polar surface area (TPSA) is 70.6 Å². The van der Waals surface area contributed by atoms with Crippen molar-refractivity contribution < 1.29 is 5.21 Å². The van der Waals surface area contributed by atoms with Gasteiger partial charge < -0.3 is 16.3 Å². The molecule has 0 unspecified atom stereocenters. The van der Waals surface area contributed by atoms with E-state index in [1.807, 2.05) is 13.0 Å². The number of rotatable bonds is 4. The number of halogens is 1. The Kier molecular flexibility index (Phi) is 4.39. The standard InChI is InChI=1S/C10H14ClN3O/c1-2-13-6-8-4-3-7(5-9(8)11)10(12)14-15/h3-5,13,15H,2,6H2,1H3,(H2,12,14). The fraction of sp³-hybridized carbons (Fsp3) is 0.300. The molecule has 0 spiro atoms. The Labute approximate surface area is 93.7 Å². The summed E-state index contributed by atoms with van der Waals surface area (Å²) in [5.74, 6) is 0.0619. The SMILES string of the molecule is CCNCc1ccc(/C(N)=N/O)cc1Cl. The van der Waals surface area contributed by atoms with Gasteiger partial charge in [-0.15, -0.1) is 0 Å². The first kappa shape index (κ1) is 11.8. The molecule has 5 heteroatoms. The second-order valence-corrected chi connectivity index (χ2v) is 3.48. The second kappa shape index (κ2) is 5.58. The molecule has 0 aliphatic rings. The molecule has 4 nitrogen and oxygen atoms in total. The molecule has 1 aromatic carbocycles. The van der Waals surface area contributed by atoms with E-state index in [0.717, 1.165) is 12.1 Å². The highest BCUT2D eigenvalue weighted by Crippen LogP contribution is 2.17. The zero-order valence-corrected chi connectivity index (χ0v) is 9.25. The zero-order valence-electron chi connectivity index (χ0n) is 8.50. The van der Waals surface area contributed by atoms with Gasteiger partial charge in [-0.1, -0.05) is 35.8 Å². The van der Waals surface area contributed by atoms with Gasteiger partial charge in [-0.25, -0.2) is 0 Å². The van der Waals surface area contributed by atoms with Crippen molar-refractivity contribution in [1.82, 2.24) is 5.32 Å². The van der Waals surface area contributed by atoms with Crippen molar-refractivity contribution in [3.8, 4) is 0 Å². The molecular weight excluding hydrogens is 214 g/mol. The van der Waals surface area contributed by atoms with Crippen molar-refractivity contribution in [2.45, 2.75) is 13.5 Å². The second-order valence-electron chi connectivity index (χ2n) is 3.07. The minimum atomic E-state index is 0.0619. The van der Waals surface area contributed by atoms with E-state index in [4.69, 9.17) is 22.5 Å². The average molecular weight is 228 g/mol. The maximum atomic E-state index is 8.50. The minimum Gasteiger partial charge on any atom is -0.409 e. The number of nitrogens with one attached hydrogen (secondary N) is 1. The van der Waals surface area contributed by atoms with E-state index < -0.39 is 0 Å². The molecule has 1 rings (SSSR count). The number of nitrogens with zero attached hydrogens (tertiary/aromatic N) is 1. The zero-order chi connectivity index (χ0) is 11.3. The molecule has 0 aliphatic heterocycles. The summed E-state index contributed by atoms with van der Waals surface area (Å²) in [4.78, 5) is 0. The number of benzene rings is 1. The number of amidine groups is 1. The van der Waals surface area contributed by atoms with E-state index >= 15 is 0 Å².